The van der Waals surface area contributed by atoms with E-state index in [9.17, 15) is 0 Å². The van der Waals surface area contributed by atoms with Crippen LogP contribution in [0.4, 0.5) is 5.82 Å². The Morgan fingerprint density at radius 3 is 2.05 bits per heavy atom. The van der Waals surface area contributed by atoms with Crippen LogP contribution in [-0.2, 0) is 6.42 Å². The smallest absolute Gasteiger partial charge is 0.137 e. The van der Waals surface area contributed by atoms with Crippen LogP contribution in [0.25, 0.3) is 0 Å². The highest BCUT2D eigenvalue weighted by atomic mass is 35.5. The van der Waals surface area contributed by atoms with Crippen molar-refractivity contribution < 1.29 is 0 Å². The second-order valence-corrected chi connectivity index (χ2v) is 6.68. The van der Waals surface area contributed by atoms with Crippen LogP contribution in [-0.4, -0.2) is 23.1 Å². The maximum absolute atomic E-state index is 6.29. The average Bonchev–Trinajstić information content (AvgIpc) is 2.32. The number of anilines is 1. The fourth-order valence-electron chi connectivity index (χ4n) is 2.29. The Bertz CT molecular complexity index is 420. The van der Waals surface area contributed by atoms with Crippen LogP contribution >= 0.6 is 11.6 Å². The molecule has 0 aliphatic carbocycles. The standard InChI is InChI=1S/C16H28ClN3/c1-7-8-14-18-15(17)13(6)16(19-14)20(9-11(2)3)10-12(4)5/h11-12H,7-10H2,1-6H3. The molecule has 0 atom stereocenters. The lowest BCUT2D eigenvalue weighted by Gasteiger charge is -2.29. The lowest BCUT2D eigenvalue weighted by molar-refractivity contribution is 0.546. The largest absolute Gasteiger partial charge is 0.356 e. The lowest BCUT2D eigenvalue weighted by Crippen LogP contribution is -2.33. The molecule has 0 N–H and O–H groups in total. The van der Waals surface area contributed by atoms with Crippen molar-refractivity contribution in [3.05, 3.63) is 16.5 Å². The van der Waals surface area contributed by atoms with Gasteiger partial charge in [0.2, 0.25) is 0 Å². The summed E-state index contributed by atoms with van der Waals surface area (Å²) in [4.78, 5) is 11.5. The van der Waals surface area contributed by atoms with Crippen LogP contribution < -0.4 is 4.90 Å². The molecule has 0 unspecified atom stereocenters. The van der Waals surface area contributed by atoms with E-state index >= 15 is 0 Å². The number of aromatic nitrogens is 2. The number of halogens is 1. The molecule has 1 rings (SSSR count). The second kappa shape index (κ2) is 7.82. The van der Waals surface area contributed by atoms with Gasteiger partial charge in [-0.3, -0.25) is 0 Å². The van der Waals surface area contributed by atoms with Crippen LogP contribution in [0, 0.1) is 18.8 Å². The monoisotopic (exact) mass is 297 g/mol. The highest BCUT2D eigenvalue weighted by molar-refractivity contribution is 6.30. The number of aryl methyl sites for hydroxylation is 1. The second-order valence-electron chi connectivity index (χ2n) is 6.32. The first-order valence-electron chi connectivity index (χ1n) is 7.63. The third-order valence-electron chi connectivity index (χ3n) is 3.05. The molecule has 0 aliphatic rings. The molecule has 1 aromatic rings. The maximum Gasteiger partial charge on any atom is 0.137 e. The molecule has 20 heavy (non-hydrogen) atoms. The summed E-state index contributed by atoms with van der Waals surface area (Å²) in [5.74, 6) is 3.06. The van der Waals surface area contributed by atoms with E-state index in [1.807, 2.05) is 6.92 Å². The van der Waals surface area contributed by atoms with Crippen molar-refractivity contribution in [1.82, 2.24) is 9.97 Å². The minimum Gasteiger partial charge on any atom is -0.356 e. The molecule has 0 amide bonds. The fourth-order valence-corrected chi connectivity index (χ4v) is 2.47. The van der Waals surface area contributed by atoms with Crippen LogP contribution in [0.1, 0.15) is 52.4 Å². The fraction of sp³-hybridized carbons (Fsp3) is 0.750. The molecule has 3 nitrogen and oxygen atoms in total. The van der Waals surface area contributed by atoms with Gasteiger partial charge in [-0.05, 0) is 25.2 Å². The summed E-state index contributed by atoms with van der Waals surface area (Å²) in [5.41, 5.74) is 0.993. The zero-order valence-corrected chi connectivity index (χ0v) is 14.5. The van der Waals surface area contributed by atoms with Crippen LogP contribution in [0.3, 0.4) is 0 Å². The van der Waals surface area contributed by atoms with E-state index in [2.05, 4.69) is 44.5 Å². The van der Waals surface area contributed by atoms with Crippen LogP contribution in [0.2, 0.25) is 5.15 Å². The number of hydrogen-bond donors (Lipinski definition) is 0. The van der Waals surface area contributed by atoms with E-state index in [0.29, 0.717) is 17.0 Å². The van der Waals surface area contributed by atoms with E-state index in [0.717, 1.165) is 43.1 Å². The summed E-state index contributed by atoms with van der Waals surface area (Å²) in [6, 6.07) is 0. The van der Waals surface area contributed by atoms with Crippen molar-refractivity contribution in [1.29, 1.82) is 0 Å². The van der Waals surface area contributed by atoms with E-state index in [1.54, 1.807) is 0 Å². The van der Waals surface area contributed by atoms with Crippen molar-refractivity contribution in [2.75, 3.05) is 18.0 Å². The molecular weight excluding hydrogens is 270 g/mol. The first-order valence-corrected chi connectivity index (χ1v) is 8.00. The number of rotatable bonds is 7. The molecular formula is C16H28ClN3. The van der Waals surface area contributed by atoms with Crippen molar-refractivity contribution >= 4 is 17.4 Å². The van der Waals surface area contributed by atoms with Crippen molar-refractivity contribution in [3.8, 4) is 0 Å². The zero-order chi connectivity index (χ0) is 15.3. The summed E-state index contributed by atoms with van der Waals surface area (Å²) in [5, 5.41) is 0.593. The highest BCUT2D eigenvalue weighted by Crippen LogP contribution is 2.25. The van der Waals surface area contributed by atoms with Crippen molar-refractivity contribution in [2.45, 2.75) is 54.4 Å². The minimum absolute atomic E-state index is 0.593. The summed E-state index contributed by atoms with van der Waals surface area (Å²) >= 11 is 6.29. The normalized spacial score (nSPS) is 11.4. The van der Waals surface area contributed by atoms with Gasteiger partial charge in [0.1, 0.15) is 16.8 Å². The Morgan fingerprint density at radius 1 is 1.05 bits per heavy atom. The third kappa shape index (κ3) is 4.93. The molecule has 0 aromatic carbocycles. The third-order valence-corrected chi connectivity index (χ3v) is 3.42. The molecule has 0 saturated carbocycles. The molecule has 4 heteroatoms. The molecule has 0 bridgehead atoms. The molecule has 114 valence electrons. The van der Waals surface area contributed by atoms with Gasteiger partial charge in [-0.2, -0.15) is 0 Å². The van der Waals surface area contributed by atoms with Crippen LogP contribution in [0.5, 0.6) is 0 Å². The molecule has 0 saturated heterocycles. The Kier molecular flexibility index (Phi) is 6.74. The van der Waals surface area contributed by atoms with E-state index < -0.39 is 0 Å². The van der Waals surface area contributed by atoms with Gasteiger partial charge in [0.15, 0.2) is 0 Å². The van der Waals surface area contributed by atoms with Gasteiger partial charge in [0.25, 0.3) is 0 Å². The Balaban J connectivity index is 3.15. The van der Waals surface area contributed by atoms with Gasteiger partial charge in [-0.25, -0.2) is 9.97 Å². The summed E-state index contributed by atoms with van der Waals surface area (Å²) in [7, 11) is 0. The topological polar surface area (TPSA) is 29.0 Å². The summed E-state index contributed by atoms with van der Waals surface area (Å²) in [6.07, 6.45) is 1.91. The lowest BCUT2D eigenvalue weighted by atomic mass is 10.1. The maximum atomic E-state index is 6.29. The zero-order valence-electron chi connectivity index (χ0n) is 13.7. The highest BCUT2D eigenvalue weighted by Gasteiger charge is 2.17. The van der Waals surface area contributed by atoms with E-state index in [4.69, 9.17) is 16.6 Å². The molecule has 0 radical (unpaired) electrons. The van der Waals surface area contributed by atoms with Crippen molar-refractivity contribution in [2.24, 2.45) is 11.8 Å². The van der Waals surface area contributed by atoms with Gasteiger partial charge < -0.3 is 4.90 Å². The average molecular weight is 298 g/mol. The SMILES string of the molecule is CCCc1nc(Cl)c(C)c(N(CC(C)C)CC(C)C)n1. The molecule has 0 fully saturated rings. The molecule has 1 heterocycles. The molecule has 0 spiro atoms. The van der Waals surface area contributed by atoms with Crippen LogP contribution in [0.15, 0.2) is 0 Å². The molecule has 1 aromatic heterocycles. The predicted molar refractivity (Wildman–Crippen MR) is 87.7 cm³/mol. The quantitative estimate of drug-likeness (QED) is 0.693. The summed E-state index contributed by atoms with van der Waals surface area (Å²) in [6.45, 7) is 15.1. The number of nitrogens with zero attached hydrogens (tertiary/aromatic N) is 3. The predicted octanol–water partition coefficient (Wildman–Crippen LogP) is 4.51. The van der Waals surface area contributed by atoms with Crippen molar-refractivity contribution in [3.63, 3.8) is 0 Å². The minimum atomic E-state index is 0.593. The summed E-state index contributed by atoms with van der Waals surface area (Å²) < 4.78 is 0. The van der Waals surface area contributed by atoms with E-state index in [-0.39, 0.29) is 0 Å². The van der Waals surface area contributed by atoms with Gasteiger partial charge in [0.05, 0.1) is 0 Å². The van der Waals surface area contributed by atoms with Gasteiger partial charge in [0, 0.05) is 25.1 Å². The number of hydrogen-bond acceptors (Lipinski definition) is 3. The Hall–Kier alpha value is -0.830. The Labute approximate surface area is 128 Å². The van der Waals surface area contributed by atoms with Gasteiger partial charge >= 0.3 is 0 Å². The Morgan fingerprint density at radius 2 is 1.60 bits per heavy atom. The first kappa shape index (κ1) is 17.2. The first-order chi connectivity index (χ1) is 9.35. The van der Waals surface area contributed by atoms with Gasteiger partial charge in [-0.15, -0.1) is 0 Å². The van der Waals surface area contributed by atoms with E-state index in [1.165, 1.54) is 0 Å². The van der Waals surface area contributed by atoms with Gasteiger partial charge in [-0.1, -0.05) is 46.2 Å². The molecule has 0 aliphatic heterocycles.